The minimum Gasteiger partial charge on any atom is -0.552 e. The lowest BCUT2D eigenvalue weighted by atomic mass is 10.1. The van der Waals surface area contributed by atoms with Crippen molar-refractivity contribution in [3.63, 3.8) is 0 Å². The second-order valence-electron chi connectivity index (χ2n) is 7.06. The summed E-state index contributed by atoms with van der Waals surface area (Å²) in [5.74, 6) is 0. The third-order valence-electron chi connectivity index (χ3n) is 2.76. The average Bonchev–Trinajstić information content (AvgIpc) is 2.26. The Labute approximate surface area is 120 Å². The molecule has 0 radical (unpaired) electrons. The fraction of sp³-hybridized carbons (Fsp3) is 0.500. The molecule has 0 aliphatic heterocycles. The molecule has 0 aromatic heterocycles. The van der Waals surface area contributed by atoms with Gasteiger partial charge in [-0.2, -0.15) is 0 Å². The van der Waals surface area contributed by atoms with E-state index in [1.165, 1.54) is 10.9 Å². The normalized spacial score (nSPS) is 13.5. The lowest BCUT2D eigenvalue weighted by molar-refractivity contribution is 0.449. The number of allylic oxidation sites excluding steroid dienone is 1. The summed E-state index contributed by atoms with van der Waals surface area (Å²) in [6, 6.07) is 10.7. The molecule has 1 rings (SSSR count). The van der Waals surface area contributed by atoms with E-state index in [0.29, 0.717) is 0 Å². The molecule has 0 heterocycles. The van der Waals surface area contributed by atoms with Crippen LogP contribution in [0.2, 0.25) is 39.3 Å². The summed E-state index contributed by atoms with van der Waals surface area (Å²) in [7, 11) is -2.85. The van der Waals surface area contributed by atoms with E-state index in [-0.39, 0.29) is 0 Å². The molecule has 0 amide bonds. The Morgan fingerprint density at radius 3 is 2.05 bits per heavy atom. The molecule has 106 valence electrons. The van der Waals surface area contributed by atoms with E-state index in [0.717, 1.165) is 12.8 Å². The van der Waals surface area contributed by atoms with Crippen molar-refractivity contribution in [1.29, 1.82) is 0 Å². The summed E-state index contributed by atoms with van der Waals surface area (Å²) >= 11 is 0. The highest BCUT2D eigenvalue weighted by atomic mass is 28.4. The lowest BCUT2D eigenvalue weighted by Crippen LogP contribution is -2.34. The molecule has 0 bridgehead atoms. The Kier molecular flexibility index (Phi) is 5.62. The van der Waals surface area contributed by atoms with Crippen LogP contribution in [0.5, 0.6) is 0 Å². The molecular formula is C16H28OSi2. The van der Waals surface area contributed by atoms with Crippen LogP contribution in [-0.4, -0.2) is 16.4 Å². The van der Waals surface area contributed by atoms with E-state index in [2.05, 4.69) is 75.7 Å². The topological polar surface area (TPSA) is 9.23 Å². The molecule has 0 fully saturated rings. The monoisotopic (exact) mass is 292 g/mol. The van der Waals surface area contributed by atoms with E-state index in [1.54, 1.807) is 0 Å². The van der Waals surface area contributed by atoms with Gasteiger partial charge in [-0.25, -0.2) is 0 Å². The van der Waals surface area contributed by atoms with Crippen molar-refractivity contribution >= 4 is 16.4 Å². The Morgan fingerprint density at radius 1 is 1.00 bits per heavy atom. The van der Waals surface area contributed by atoms with Gasteiger partial charge in [0, 0.05) is 0 Å². The molecule has 0 aliphatic carbocycles. The van der Waals surface area contributed by atoms with Gasteiger partial charge in [0.15, 0.2) is 0 Å². The molecular weight excluding hydrogens is 264 g/mol. The molecule has 0 aliphatic rings. The maximum atomic E-state index is 6.30. The SMILES string of the molecule is C[Si](C)(C)O/C(=C\CCc1ccccc1)[Si](C)(C)C. The molecule has 0 saturated carbocycles. The molecule has 1 aromatic carbocycles. The van der Waals surface area contributed by atoms with Gasteiger partial charge in [-0.1, -0.05) is 56.0 Å². The summed E-state index contributed by atoms with van der Waals surface area (Å²) in [5, 5.41) is 1.29. The van der Waals surface area contributed by atoms with Crippen LogP contribution in [0.1, 0.15) is 12.0 Å². The summed E-state index contributed by atoms with van der Waals surface area (Å²) in [4.78, 5) is 0. The van der Waals surface area contributed by atoms with Gasteiger partial charge in [-0.15, -0.1) is 0 Å². The minimum atomic E-state index is -1.49. The standard InChI is InChI=1S/C16H28OSi2/c1-18(2,3)16(17-19(4,5)6)14-10-13-15-11-8-7-9-12-15/h7-9,11-12,14H,10,13H2,1-6H3/b16-14+. The van der Waals surface area contributed by atoms with Gasteiger partial charge < -0.3 is 4.43 Å². The van der Waals surface area contributed by atoms with Crippen molar-refractivity contribution in [3.8, 4) is 0 Å². The van der Waals surface area contributed by atoms with Crippen molar-refractivity contribution in [2.45, 2.75) is 52.1 Å². The molecule has 0 spiro atoms. The molecule has 19 heavy (non-hydrogen) atoms. The highest BCUT2D eigenvalue weighted by Crippen LogP contribution is 2.21. The number of rotatable bonds is 6. The van der Waals surface area contributed by atoms with Crippen LogP contribution in [0.15, 0.2) is 41.8 Å². The molecule has 0 N–H and O–H groups in total. The Morgan fingerprint density at radius 2 is 1.58 bits per heavy atom. The highest BCUT2D eigenvalue weighted by molar-refractivity contribution is 6.84. The van der Waals surface area contributed by atoms with Gasteiger partial charge in [-0.3, -0.25) is 0 Å². The van der Waals surface area contributed by atoms with Gasteiger partial charge in [0.1, 0.15) is 8.07 Å². The summed E-state index contributed by atoms with van der Waals surface area (Å²) in [6.45, 7) is 13.9. The maximum Gasteiger partial charge on any atom is 0.241 e. The zero-order valence-electron chi connectivity index (χ0n) is 13.3. The lowest BCUT2D eigenvalue weighted by Gasteiger charge is -2.29. The van der Waals surface area contributed by atoms with Gasteiger partial charge in [0.2, 0.25) is 8.32 Å². The van der Waals surface area contributed by atoms with E-state index in [4.69, 9.17) is 4.43 Å². The van der Waals surface area contributed by atoms with Gasteiger partial charge in [0.05, 0.1) is 5.38 Å². The van der Waals surface area contributed by atoms with E-state index in [1.807, 2.05) is 0 Å². The summed E-state index contributed by atoms with van der Waals surface area (Å²) in [6.07, 6.45) is 4.52. The van der Waals surface area contributed by atoms with E-state index < -0.39 is 16.4 Å². The molecule has 3 heteroatoms. The maximum absolute atomic E-state index is 6.30. The van der Waals surface area contributed by atoms with E-state index in [9.17, 15) is 0 Å². The smallest absolute Gasteiger partial charge is 0.241 e. The van der Waals surface area contributed by atoms with Crippen molar-refractivity contribution in [1.82, 2.24) is 0 Å². The first-order chi connectivity index (χ1) is 8.68. The first-order valence-corrected chi connectivity index (χ1v) is 14.0. The largest absolute Gasteiger partial charge is 0.552 e. The number of aryl methyl sites for hydroxylation is 1. The molecule has 0 unspecified atom stereocenters. The van der Waals surface area contributed by atoms with Crippen molar-refractivity contribution in [2.75, 3.05) is 0 Å². The molecule has 0 atom stereocenters. The number of benzene rings is 1. The first kappa shape index (κ1) is 16.2. The van der Waals surface area contributed by atoms with E-state index >= 15 is 0 Å². The van der Waals surface area contributed by atoms with Gasteiger partial charge in [-0.05, 0) is 38.0 Å². The Balaban J connectivity index is 2.68. The van der Waals surface area contributed by atoms with Crippen LogP contribution < -0.4 is 0 Å². The zero-order chi connectivity index (χ0) is 14.5. The van der Waals surface area contributed by atoms with Crippen molar-refractivity contribution in [3.05, 3.63) is 47.4 Å². The highest BCUT2D eigenvalue weighted by Gasteiger charge is 2.26. The van der Waals surface area contributed by atoms with Crippen LogP contribution in [0.4, 0.5) is 0 Å². The molecule has 1 nitrogen and oxygen atoms in total. The van der Waals surface area contributed by atoms with Crippen LogP contribution in [0.3, 0.4) is 0 Å². The molecule has 1 aromatic rings. The zero-order valence-corrected chi connectivity index (χ0v) is 15.3. The Hall–Kier alpha value is -0.806. The van der Waals surface area contributed by atoms with Crippen LogP contribution in [0.25, 0.3) is 0 Å². The van der Waals surface area contributed by atoms with Crippen LogP contribution in [-0.2, 0) is 10.8 Å². The Bertz CT molecular complexity index is 411. The molecule has 0 saturated heterocycles. The predicted octanol–water partition coefficient (Wildman–Crippen LogP) is 5.23. The number of hydrogen-bond acceptors (Lipinski definition) is 1. The van der Waals surface area contributed by atoms with Gasteiger partial charge in [0.25, 0.3) is 0 Å². The quantitative estimate of drug-likeness (QED) is 0.515. The first-order valence-electron chi connectivity index (χ1n) is 7.12. The second kappa shape index (κ2) is 6.57. The van der Waals surface area contributed by atoms with Gasteiger partial charge >= 0.3 is 0 Å². The number of hydrogen-bond donors (Lipinski definition) is 0. The van der Waals surface area contributed by atoms with Crippen LogP contribution >= 0.6 is 0 Å². The fourth-order valence-electron chi connectivity index (χ4n) is 1.85. The predicted molar refractivity (Wildman–Crippen MR) is 90.6 cm³/mol. The minimum absolute atomic E-state index is 1.08. The third-order valence-corrected chi connectivity index (χ3v) is 5.58. The second-order valence-corrected chi connectivity index (χ2v) is 16.5. The summed E-state index contributed by atoms with van der Waals surface area (Å²) in [5.41, 5.74) is 1.40. The fourth-order valence-corrected chi connectivity index (χ4v) is 5.49. The van der Waals surface area contributed by atoms with Crippen molar-refractivity contribution in [2.24, 2.45) is 0 Å². The third kappa shape index (κ3) is 6.78. The van der Waals surface area contributed by atoms with Crippen molar-refractivity contribution < 1.29 is 4.43 Å². The van der Waals surface area contributed by atoms with Crippen LogP contribution in [0, 0.1) is 0 Å². The summed E-state index contributed by atoms with van der Waals surface area (Å²) < 4.78 is 6.30. The average molecular weight is 293 g/mol.